The molecular formula is C12H11NO. The molecule has 2 heteroatoms. The average molecular weight is 185 g/mol. The fourth-order valence-electron chi connectivity index (χ4n) is 1.46. The van der Waals surface area contributed by atoms with Crippen LogP contribution in [0.5, 0.6) is 5.75 Å². The lowest BCUT2D eigenvalue weighted by molar-refractivity contribution is 0.415. The van der Waals surface area contributed by atoms with Gasteiger partial charge in [-0.2, -0.15) is 0 Å². The zero-order valence-corrected chi connectivity index (χ0v) is 7.95. The monoisotopic (exact) mass is 185 g/mol. The molecule has 0 bridgehead atoms. The highest BCUT2D eigenvalue weighted by Gasteiger charge is 1.96. The topological polar surface area (TPSA) is 33.1 Å². The molecule has 0 atom stereocenters. The van der Waals surface area contributed by atoms with Crippen LogP contribution in [-0.4, -0.2) is 13.3 Å². The van der Waals surface area contributed by atoms with Crippen molar-refractivity contribution >= 4 is 17.0 Å². The molecule has 0 aliphatic heterocycles. The van der Waals surface area contributed by atoms with Gasteiger partial charge in [0.2, 0.25) is 0 Å². The Hall–Kier alpha value is -1.83. The van der Waals surface area contributed by atoms with Gasteiger partial charge in [-0.3, -0.25) is 0 Å². The van der Waals surface area contributed by atoms with Crippen LogP contribution in [0.25, 0.3) is 10.8 Å². The molecule has 0 aromatic heterocycles. The number of benzene rings is 2. The molecule has 2 nitrogen and oxygen atoms in total. The number of ether oxygens (including phenoxy) is 1. The lowest BCUT2D eigenvalue weighted by Crippen LogP contribution is -1.83. The van der Waals surface area contributed by atoms with E-state index in [1.807, 2.05) is 36.4 Å². The minimum absolute atomic E-state index is 0.861. The Morgan fingerprint density at radius 2 is 1.79 bits per heavy atom. The van der Waals surface area contributed by atoms with Gasteiger partial charge in [0.05, 0.1) is 7.11 Å². The molecule has 0 heterocycles. The normalized spacial score (nSPS) is 10.1. The van der Waals surface area contributed by atoms with E-state index in [0.717, 1.165) is 22.1 Å². The fraction of sp³-hybridized carbons (Fsp3) is 0.0833. The van der Waals surface area contributed by atoms with Crippen molar-refractivity contribution in [2.24, 2.45) is 0 Å². The molecule has 0 fully saturated rings. The van der Waals surface area contributed by atoms with Gasteiger partial charge in [0.15, 0.2) is 0 Å². The number of fused-ring (bicyclic) bond motifs is 1. The Kier molecular flexibility index (Phi) is 2.19. The second-order valence-corrected chi connectivity index (χ2v) is 3.12. The number of hydrogen-bond acceptors (Lipinski definition) is 2. The van der Waals surface area contributed by atoms with Crippen molar-refractivity contribution < 1.29 is 4.74 Å². The van der Waals surface area contributed by atoms with Gasteiger partial charge >= 0.3 is 0 Å². The van der Waals surface area contributed by atoms with Crippen molar-refractivity contribution in [2.75, 3.05) is 7.11 Å². The number of hydrogen-bond donors (Lipinski definition) is 1. The molecule has 0 saturated heterocycles. The highest BCUT2D eigenvalue weighted by molar-refractivity contribution is 5.90. The van der Waals surface area contributed by atoms with Gasteiger partial charge in [0, 0.05) is 6.21 Å². The van der Waals surface area contributed by atoms with Gasteiger partial charge < -0.3 is 10.1 Å². The van der Waals surface area contributed by atoms with Gasteiger partial charge in [-0.15, -0.1) is 0 Å². The Labute approximate surface area is 82.6 Å². The van der Waals surface area contributed by atoms with Crippen molar-refractivity contribution in [2.45, 2.75) is 0 Å². The summed E-state index contributed by atoms with van der Waals surface area (Å²) >= 11 is 0. The molecule has 0 spiro atoms. The summed E-state index contributed by atoms with van der Waals surface area (Å²) in [7, 11) is 1.66. The summed E-state index contributed by atoms with van der Waals surface area (Å²) in [6, 6.07) is 11.8. The summed E-state index contributed by atoms with van der Waals surface area (Å²) in [5.74, 6) is 0.861. The van der Waals surface area contributed by atoms with E-state index in [1.54, 1.807) is 7.11 Å². The summed E-state index contributed by atoms with van der Waals surface area (Å²) in [5.41, 5.74) is 0.919. The number of methoxy groups -OCH3 is 1. The zero-order valence-electron chi connectivity index (χ0n) is 7.95. The van der Waals surface area contributed by atoms with E-state index in [0.29, 0.717) is 0 Å². The first kappa shape index (κ1) is 8.75. The van der Waals surface area contributed by atoms with Crippen molar-refractivity contribution in [1.82, 2.24) is 0 Å². The first-order valence-corrected chi connectivity index (χ1v) is 4.42. The molecule has 70 valence electrons. The predicted octanol–water partition coefficient (Wildman–Crippen LogP) is 2.85. The van der Waals surface area contributed by atoms with Crippen LogP contribution in [0.1, 0.15) is 5.56 Å². The molecule has 0 amide bonds. The van der Waals surface area contributed by atoms with Crippen LogP contribution in [0.15, 0.2) is 36.4 Å². The van der Waals surface area contributed by atoms with E-state index < -0.39 is 0 Å². The fourth-order valence-corrected chi connectivity index (χ4v) is 1.46. The molecule has 0 aliphatic rings. The largest absolute Gasteiger partial charge is 0.497 e. The zero-order chi connectivity index (χ0) is 9.97. The third-order valence-electron chi connectivity index (χ3n) is 2.24. The van der Waals surface area contributed by atoms with Crippen molar-refractivity contribution in [1.29, 1.82) is 5.41 Å². The van der Waals surface area contributed by atoms with Gasteiger partial charge in [0.1, 0.15) is 5.75 Å². The summed E-state index contributed by atoms with van der Waals surface area (Å²) in [4.78, 5) is 0. The van der Waals surface area contributed by atoms with Crippen molar-refractivity contribution in [3.8, 4) is 5.75 Å². The standard InChI is InChI=1S/C12H11NO/c1-14-12-5-4-10-6-9(8-13)2-3-11(10)7-12/h2-8,13H,1H3. The highest BCUT2D eigenvalue weighted by Crippen LogP contribution is 2.21. The van der Waals surface area contributed by atoms with Crippen molar-refractivity contribution in [3.05, 3.63) is 42.0 Å². The summed E-state index contributed by atoms with van der Waals surface area (Å²) in [6.45, 7) is 0. The van der Waals surface area contributed by atoms with Crippen LogP contribution in [0.2, 0.25) is 0 Å². The second kappa shape index (κ2) is 3.50. The maximum Gasteiger partial charge on any atom is 0.119 e. The molecule has 14 heavy (non-hydrogen) atoms. The van der Waals surface area contributed by atoms with Crippen LogP contribution < -0.4 is 4.74 Å². The highest BCUT2D eigenvalue weighted by atomic mass is 16.5. The van der Waals surface area contributed by atoms with Gasteiger partial charge in [-0.05, 0) is 34.5 Å². The summed E-state index contributed by atoms with van der Waals surface area (Å²) < 4.78 is 5.13. The van der Waals surface area contributed by atoms with Gasteiger partial charge in [0.25, 0.3) is 0 Å². The third kappa shape index (κ3) is 1.46. The van der Waals surface area contributed by atoms with Crippen LogP contribution in [0.4, 0.5) is 0 Å². The van der Waals surface area contributed by atoms with Crippen LogP contribution in [0, 0.1) is 5.41 Å². The number of rotatable bonds is 2. The minimum Gasteiger partial charge on any atom is -0.497 e. The third-order valence-corrected chi connectivity index (χ3v) is 2.24. The smallest absolute Gasteiger partial charge is 0.119 e. The van der Waals surface area contributed by atoms with Gasteiger partial charge in [-0.1, -0.05) is 18.2 Å². The predicted molar refractivity (Wildman–Crippen MR) is 58.4 cm³/mol. The van der Waals surface area contributed by atoms with E-state index in [9.17, 15) is 0 Å². The molecule has 0 aliphatic carbocycles. The van der Waals surface area contributed by atoms with Gasteiger partial charge in [-0.25, -0.2) is 0 Å². The summed E-state index contributed by atoms with van der Waals surface area (Å²) in [6.07, 6.45) is 1.35. The molecule has 2 aromatic carbocycles. The molecule has 1 N–H and O–H groups in total. The van der Waals surface area contributed by atoms with E-state index in [-0.39, 0.29) is 0 Å². The van der Waals surface area contributed by atoms with E-state index in [1.165, 1.54) is 6.21 Å². The quantitative estimate of drug-likeness (QED) is 0.717. The number of nitrogens with one attached hydrogen (secondary N) is 1. The van der Waals surface area contributed by atoms with Crippen molar-refractivity contribution in [3.63, 3.8) is 0 Å². The SMILES string of the molecule is COc1ccc2cc(C=N)ccc2c1. The van der Waals surface area contributed by atoms with E-state index in [4.69, 9.17) is 10.1 Å². The summed E-state index contributed by atoms with van der Waals surface area (Å²) in [5, 5.41) is 9.41. The van der Waals surface area contributed by atoms with E-state index in [2.05, 4.69) is 0 Å². The first-order valence-electron chi connectivity index (χ1n) is 4.42. The maximum atomic E-state index is 7.15. The molecule has 2 aromatic rings. The Morgan fingerprint density at radius 1 is 1.07 bits per heavy atom. The van der Waals surface area contributed by atoms with Crippen LogP contribution >= 0.6 is 0 Å². The van der Waals surface area contributed by atoms with Crippen LogP contribution in [-0.2, 0) is 0 Å². The van der Waals surface area contributed by atoms with E-state index >= 15 is 0 Å². The van der Waals surface area contributed by atoms with Crippen LogP contribution in [0.3, 0.4) is 0 Å². The average Bonchev–Trinajstić information content (AvgIpc) is 2.27. The minimum atomic E-state index is 0.861. The lowest BCUT2D eigenvalue weighted by atomic mass is 10.1. The lowest BCUT2D eigenvalue weighted by Gasteiger charge is -2.02. The second-order valence-electron chi connectivity index (χ2n) is 3.12. The molecule has 2 rings (SSSR count). The Bertz CT molecular complexity index is 477. The molecule has 0 saturated carbocycles. The first-order chi connectivity index (χ1) is 6.83. The Balaban J connectivity index is 2.63. The Morgan fingerprint density at radius 3 is 2.50 bits per heavy atom. The maximum absolute atomic E-state index is 7.15. The molecular weight excluding hydrogens is 174 g/mol. The molecule has 0 unspecified atom stereocenters. The molecule has 0 radical (unpaired) electrons.